The lowest BCUT2D eigenvalue weighted by molar-refractivity contribution is -0.153. The highest BCUT2D eigenvalue weighted by Crippen LogP contribution is 2.64. The number of esters is 2. The van der Waals surface area contributed by atoms with Crippen molar-refractivity contribution in [2.24, 2.45) is 16.7 Å². The maximum atomic E-state index is 12.7. The van der Waals surface area contributed by atoms with E-state index in [1.165, 1.54) is 7.11 Å². The summed E-state index contributed by atoms with van der Waals surface area (Å²) in [6.07, 6.45) is -0.257. The van der Waals surface area contributed by atoms with Crippen LogP contribution in [0, 0.1) is 16.7 Å². The van der Waals surface area contributed by atoms with Crippen molar-refractivity contribution in [1.29, 1.82) is 0 Å². The van der Waals surface area contributed by atoms with Gasteiger partial charge in [-0.15, -0.1) is 0 Å². The first-order chi connectivity index (χ1) is 11.2. The van der Waals surface area contributed by atoms with Crippen LogP contribution in [-0.2, 0) is 23.5 Å². The molecule has 0 amide bonds. The monoisotopic (exact) mass is 368 g/mol. The molecule has 1 heterocycles. The van der Waals surface area contributed by atoms with E-state index in [4.69, 9.17) is 13.9 Å². The van der Waals surface area contributed by atoms with Gasteiger partial charge >= 0.3 is 11.9 Å². The average Bonchev–Trinajstić information content (AvgIpc) is 2.81. The molecule has 0 radical (unpaired) electrons. The second kappa shape index (κ2) is 5.95. The van der Waals surface area contributed by atoms with E-state index in [1.807, 2.05) is 13.8 Å². The Kier molecular flexibility index (Phi) is 4.80. The van der Waals surface area contributed by atoms with E-state index in [-0.39, 0.29) is 35.9 Å². The zero-order valence-corrected chi connectivity index (χ0v) is 17.8. The number of rotatable bonds is 4. The largest absolute Gasteiger partial charge is 0.469 e. The van der Waals surface area contributed by atoms with Crippen molar-refractivity contribution >= 4 is 20.3 Å². The van der Waals surface area contributed by atoms with Gasteiger partial charge in [0, 0.05) is 11.3 Å². The lowest BCUT2D eigenvalue weighted by Gasteiger charge is -2.43. The minimum Gasteiger partial charge on any atom is -0.469 e. The fourth-order valence-corrected chi connectivity index (χ4v) is 5.16. The molecule has 1 saturated carbocycles. The number of carbonyl (C=O) groups excluding carboxylic acids is 2. The summed E-state index contributed by atoms with van der Waals surface area (Å²) in [4.78, 5) is 24.7. The molecule has 1 saturated heterocycles. The van der Waals surface area contributed by atoms with Crippen LogP contribution in [0.25, 0.3) is 0 Å². The molecular formula is C19H32O5Si. The smallest absolute Gasteiger partial charge is 0.315 e. The van der Waals surface area contributed by atoms with Gasteiger partial charge in [-0.25, -0.2) is 0 Å². The number of hydrogen-bond donors (Lipinski definition) is 0. The first-order valence-corrected chi connectivity index (χ1v) is 11.7. The number of ether oxygens (including phenoxy) is 2. The second-order valence-corrected chi connectivity index (χ2v) is 14.1. The van der Waals surface area contributed by atoms with Gasteiger partial charge in [-0.3, -0.25) is 9.59 Å². The van der Waals surface area contributed by atoms with Crippen LogP contribution in [0.3, 0.4) is 0 Å². The standard InChI is InChI=1S/C19H32O5Si/c1-12-13(10-14(20)22-7)15(24-25(8,9)17(2,3)4)19(6)16(21)23-11-18(12,19)5/h13,15H,1,10-11H2,2-9H3/t13-,15-,18-,19-/m0/s1. The summed E-state index contributed by atoms with van der Waals surface area (Å²) in [7, 11) is -0.796. The van der Waals surface area contributed by atoms with Crippen LogP contribution in [0.15, 0.2) is 12.2 Å². The predicted octanol–water partition coefficient (Wildman–Crippen LogP) is 3.70. The molecule has 0 aromatic carbocycles. The van der Waals surface area contributed by atoms with Crippen LogP contribution in [0.5, 0.6) is 0 Å². The first kappa shape index (κ1) is 20.2. The quantitative estimate of drug-likeness (QED) is 0.430. The molecule has 2 fully saturated rings. The summed E-state index contributed by atoms with van der Waals surface area (Å²) < 4.78 is 17.0. The van der Waals surface area contributed by atoms with Crippen LogP contribution in [-0.4, -0.2) is 40.1 Å². The highest BCUT2D eigenvalue weighted by Gasteiger charge is 2.71. The minimum absolute atomic E-state index is 0.0119. The maximum absolute atomic E-state index is 12.7. The topological polar surface area (TPSA) is 61.8 Å². The normalized spacial score (nSPS) is 35.5. The van der Waals surface area contributed by atoms with E-state index in [1.54, 1.807) is 0 Å². The molecule has 4 atom stereocenters. The van der Waals surface area contributed by atoms with Crippen molar-refractivity contribution in [3.05, 3.63) is 12.2 Å². The van der Waals surface area contributed by atoms with Gasteiger partial charge in [0.05, 0.1) is 19.6 Å². The third kappa shape index (κ3) is 2.78. The van der Waals surface area contributed by atoms with Crippen LogP contribution < -0.4 is 0 Å². The summed E-state index contributed by atoms with van der Waals surface area (Å²) in [5.74, 6) is -0.813. The highest BCUT2D eigenvalue weighted by atomic mass is 28.4. The average molecular weight is 369 g/mol. The van der Waals surface area contributed by atoms with Crippen LogP contribution in [0.4, 0.5) is 0 Å². The molecular weight excluding hydrogens is 336 g/mol. The van der Waals surface area contributed by atoms with E-state index in [0.29, 0.717) is 0 Å². The van der Waals surface area contributed by atoms with E-state index in [9.17, 15) is 9.59 Å². The molecule has 0 spiro atoms. The van der Waals surface area contributed by atoms with Crippen molar-refractivity contribution in [2.75, 3.05) is 13.7 Å². The van der Waals surface area contributed by atoms with Crippen molar-refractivity contribution in [3.8, 4) is 0 Å². The Morgan fingerprint density at radius 1 is 1.36 bits per heavy atom. The lowest BCUT2D eigenvalue weighted by Crippen LogP contribution is -2.52. The molecule has 0 bridgehead atoms. The summed E-state index contributed by atoms with van der Waals surface area (Å²) in [5, 5.41) is -0.0119. The summed E-state index contributed by atoms with van der Waals surface area (Å²) in [5.41, 5.74) is -0.511. The Hall–Kier alpha value is -1.14. The number of methoxy groups -OCH3 is 1. The molecule has 0 aromatic heterocycles. The van der Waals surface area contributed by atoms with Crippen molar-refractivity contribution in [2.45, 2.75) is 65.3 Å². The van der Waals surface area contributed by atoms with Crippen LogP contribution in [0.1, 0.15) is 41.0 Å². The molecule has 5 nitrogen and oxygen atoms in total. The molecule has 1 aliphatic carbocycles. The molecule has 25 heavy (non-hydrogen) atoms. The maximum Gasteiger partial charge on any atom is 0.315 e. The van der Waals surface area contributed by atoms with Crippen molar-refractivity contribution in [3.63, 3.8) is 0 Å². The van der Waals surface area contributed by atoms with E-state index in [0.717, 1.165) is 5.57 Å². The van der Waals surface area contributed by atoms with Gasteiger partial charge in [0.25, 0.3) is 0 Å². The van der Waals surface area contributed by atoms with Gasteiger partial charge in [-0.1, -0.05) is 39.8 Å². The van der Waals surface area contributed by atoms with Gasteiger partial charge < -0.3 is 13.9 Å². The van der Waals surface area contributed by atoms with Crippen molar-refractivity contribution in [1.82, 2.24) is 0 Å². The number of fused-ring (bicyclic) bond motifs is 1. The Balaban J connectivity index is 2.51. The molecule has 1 aliphatic heterocycles. The molecule has 0 N–H and O–H groups in total. The van der Waals surface area contributed by atoms with E-state index < -0.39 is 25.3 Å². The van der Waals surface area contributed by atoms with Gasteiger partial charge in [0.1, 0.15) is 12.0 Å². The SMILES string of the molecule is C=C1[C@H](CC(=O)OC)[C@H](O[Si](C)(C)C(C)(C)C)[C@@]2(C)C(=O)OC[C@@]12C. The summed E-state index contributed by atoms with van der Waals surface area (Å²) in [6.45, 7) is 19.2. The fourth-order valence-electron chi connectivity index (χ4n) is 3.77. The van der Waals surface area contributed by atoms with E-state index in [2.05, 4.69) is 40.4 Å². The summed E-state index contributed by atoms with van der Waals surface area (Å²) >= 11 is 0. The molecule has 0 unspecified atom stereocenters. The zero-order valence-electron chi connectivity index (χ0n) is 16.8. The Morgan fingerprint density at radius 2 is 1.92 bits per heavy atom. The molecule has 2 rings (SSSR count). The van der Waals surface area contributed by atoms with Gasteiger partial charge in [0.2, 0.25) is 0 Å². The molecule has 6 heteroatoms. The molecule has 142 valence electrons. The lowest BCUT2D eigenvalue weighted by atomic mass is 9.68. The minimum atomic E-state index is -2.17. The molecule has 2 aliphatic rings. The third-order valence-electron chi connectivity index (χ3n) is 7.00. The predicted molar refractivity (Wildman–Crippen MR) is 98.5 cm³/mol. The third-order valence-corrected chi connectivity index (χ3v) is 11.5. The van der Waals surface area contributed by atoms with Gasteiger partial charge in [-0.05, 0) is 25.1 Å². The first-order valence-electron chi connectivity index (χ1n) is 8.83. The van der Waals surface area contributed by atoms with Crippen LogP contribution in [0.2, 0.25) is 18.1 Å². The fraction of sp³-hybridized carbons (Fsp3) is 0.789. The Morgan fingerprint density at radius 3 is 2.40 bits per heavy atom. The van der Waals surface area contributed by atoms with E-state index >= 15 is 0 Å². The zero-order chi connectivity index (χ0) is 19.4. The number of carbonyl (C=O) groups is 2. The highest BCUT2D eigenvalue weighted by molar-refractivity contribution is 6.74. The Bertz CT molecular complexity index is 605. The number of hydrogen-bond acceptors (Lipinski definition) is 5. The van der Waals surface area contributed by atoms with Gasteiger partial charge in [-0.2, -0.15) is 0 Å². The van der Waals surface area contributed by atoms with Gasteiger partial charge in [0.15, 0.2) is 8.32 Å². The molecule has 0 aromatic rings. The number of cyclic esters (lactones) is 1. The van der Waals surface area contributed by atoms with Crippen LogP contribution >= 0.6 is 0 Å². The Labute approximate surface area is 152 Å². The second-order valence-electron chi connectivity index (χ2n) is 9.32. The summed E-state index contributed by atoms with van der Waals surface area (Å²) in [6, 6.07) is 0. The van der Waals surface area contributed by atoms with Crippen molar-refractivity contribution < 1.29 is 23.5 Å².